The van der Waals surface area contributed by atoms with Crippen LogP contribution in [-0.2, 0) is 6.54 Å². The van der Waals surface area contributed by atoms with E-state index in [1.807, 2.05) is 6.92 Å². The molecular weight excluding hydrogens is 290 g/mol. The van der Waals surface area contributed by atoms with E-state index in [1.165, 1.54) is 6.07 Å². The molecule has 1 heterocycles. The Morgan fingerprint density at radius 1 is 1.38 bits per heavy atom. The predicted octanol–water partition coefficient (Wildman–Crippen LogP) is 1.94. The Kier molecular flexibility index (Phi) is 4.91. The maximum absolute atomic E-state index is 12.2. The first-order valence-corrected chi connectivity index (χ1v) is 7.52. The Bertz CT molecular complexity index is 707. The van der Waals surface area contributed by atoms with Crippen LogP contribution in [0.1, 0.15) is 31.4 Å². The van der Waals surface area contributed by atoms with Crippen LogP contribution >= 0.6 is 11.6 Å². The molecule has 0 aliphatic carbocycles. The fourth-order valence-electron chi connectivity index (χ4n) is 2.34. The fraction of sp³-hybridized carbons (Fsp3) is 0.438. The highest BCUT2D eigenvalue weighted by molar-refractivity contribution is 6.33. The minimum atomic E-state index is -0.440. The van der Waals surface area contributed by atoms with Gasteiger partial charge in [-0.3, -0.25) is 0 Å². The summed E-state index contributed by atoms with van der Waals surface area (Å²) in [5, 5.41) is 15.2. The summed E-state index contributed by atoms with van der Waals surface area (Å²) in [5.74, 6) is 0.364. The Balaban J connectivity index is 2.40. The van der Waals surface area contributed by atoms with Gasteiger partial charge >= 0.3 is 5.63 Å². The smallest absolute Gasteiger partial charge is 0.336 e. The molecule has 2 aromatic rings. The Morgan fingerprint density at radius 3 is 2.76 bits per heavy atom. The molecule has 0 aliphatic heterocycles. The predicted molar refractivity (Wildman–Crippen MR) is 81.6 cm³/mol. The summed E-state index contributed by atoms with van der Waals surface area (Å²) in [4.78, 5) is 11.6. The van der Waals surface area contributed by atoms with E-state index in [1.54, 1.807) is 6.07 Å². The molecule has 0 aliphatic rings. The van der Waals surface area contributed by atoms with Crippen LogP contribution in [0.3, 0.4) is 0 Å². The second kappa shape index (κ2) is 6.50. The summed E-state index contributed by atoms with van der Waals surface area (Å²) in [7, 11) is 0. The summed E-state index contributed by atoms with van der Waals surface area (Å²) in [5.41, 5.74) is 1.17. The van der Waals surface area contributed by atoms with Crippen LogP contribution in [0, 0.1) is 12.8 Å². The lowest BCUT2D eigenvalue weighted by Gasteiger charge is -2.17. The topological polar surface area (TPSA) is 69.9 Å². The highest BCUT2D eigenvalue weighted by atomic mass is 35.5. The molecule has 0 unspecified atom stereocenters. The van der Waals surface area contributed by atoms with Crippen LogP contribution in [0.2, 0.25) is 5.02 Å². The lowest BCUT2D eigenvalue weighted by Crippen LogP contribution is -2.82. The SMILES string of the molecule is Cc1cc(=O)oc2c(C[NH2+]CCC(C)C)c([O-])c(Cl)cc12. The first-order chi connectivity index (χ1) is 9.90. The van der Waals surface area contributed by atoms with Crippen molar-refractivity contribution < 1.29 is 14.8 Å². The minimum Gasteiger partial charge on any atom is -0.871 e. The van der Waals surface area contributed by atoms with E-state index in [0.717, 1.165) is 23.9 Å². The van der Waals surface area contributed by atoms with Gasteiger partial charge in [0.05, 0.1) is 6.54 Å². The van der Waals surface area contributed by atoms with E-state index in [0.29, 0.717) is 23.6 Å². The molecule has 0 saturated carbocycles. The fourth-order valence-corrected chi connectivity index (χ4v) is 2.57. The molecule has 1 aromatic carbocycles. The summed E-state index contributed by atoms with van der Waals surface area (Å²) in [6.45, 7) is 7.51. The highest BCUT2D eigenvalue weighted by Gasteiger charge is 2.12. The molecule has 114 valence electrons. The van der Waals surface area contributed by atoms with Gasteiger partial charge in [-0.05, 0) is 30.9 Å². The molecule has 0 radical (unpaired) electrons. The van der Waals surface area contributed by atoms with Gasteiger partial charge in [0.25, 0.3) is 0 Å². The van der Waals surface area contributed by atoms with Crippen LogP contribution in [-0.4, -0.2) is 6.54 Å². The van der Waals surface area contributed by atoms with Crippen molar-refractivity contribution in [2.24, 2.45) is 5.92 Å². The van der Waals surface area contributed by atoms with Crippen LogP contribution in [0.25, 0.3) is 11.0 Å². The molecule has 2 N–H and O–H groups in total. The molecule has 2 rings (SSSR count). The Hall–Kier alpha value is -1.52. The second-order valence-electron chi connectivity index (χ2n) is 5.76. The first-order valence-electron chi connectivity index (χ1n) is 7.14. The molecule has 0 saturated heterocycles. The Morgan fingerprint density at radius 2 is 2.10 bits per heavy atom. The number of quaternary nitrogens is 1. The minimum absolute atomic E-state index is 0.173. The third kappa shape index (κ3) is 3.57. The van der Waals surface area contributed by atoms with Gasteiger partial charge in [0.15, 0.2) is 0 Å². The van der Waals surface area contributed by atoms with Crippen molar-refractivity contribution in [1.82, 2.24) is 0 Å². The number of benzene rings is 1. The zero-order valence-corrected chi connectivity index (χ0v) is 13.3. The van der Waals surface area contributed by atoms with Crippen LogP contribution in [0.4, 0.5) is 0 Å². The van der Waals surface area contributed by atoms with Gasteiger partial charge in [0.2, 0.25) is 0 Å². The van der Waals surface area contributed by atoms with E-state index >= 15 is 0 Å². The summed E-state index contributed by atoms with van der Waals surface area (Å²) >= 11 is 6.02. The number of hydrogen-bond acceptors (Lipinski definition) is 3. The molecule has 0 amide bonds. The van der Waals surface area contributed by atoms with Crippen molar-refractivity contribution >= 4 is 22.6 Å². The molecule has 0 spiro atoms. The molecule has 0 atom stereocenters. The number of fused-ring (bicyclic) bond motifs is 1. The van der Waals surface area contributed by atoms with Crippen molar-refractivity contribution in [2.75, 3.05) is 6.54 Å². The van der Waals surface area contributed by atoms with Gasteiger partial charge in [0.1, 0.15) is 12.1 Å². The molecule has 4 nitrogen and oxygen atoms in total. The highest BCUT2D eigenvalue weighted by Crippen LogP contribution is 2.32. The van der Waals surface area contributed by atoms with Gasteiger partial charge in [0, 0.05) is 22.0 Å². The van der Waals surface area contributed by atoms with E-state index in [2.05, 4.69) is 19.2 Å². The van der Waals surface area contributed by atoms with Gasteiger partial charge in [-0.15, -0.1) is 0 Å². The first kappa shape index (κ1) is 15.9. The number of hydrogen-bond donors (Lipinski definition) is 1. The number of rotatable bonds is 5. The zero-order valence-electron chi connectivity index (χ0n) is 12.5. The van der Waals surface area contributed by atoms with E-state index < -0.39 is 5.63 Å². The van der Waals surface area contributed by atoms with Crippen molar-refractivity contribution in [2.45, 2.75) is 33.7 Å². The third-order valence-electron chi connectivity index (χ3n) is 3.54. The molecule has 5 heteroatoms. The lowest BCUT2D eigenvalue weighted by molar-refractivity contribution is -0.671. The van der Waals surface area contributed by atoms with Gasteiger partial charge in [-0.1, -0.05) is 31.2 Å². The standard InChI is InChI=1S/C16H20ClNO3/c1-9(2)4-5-18-8-12-15(20)13(17)7-11-10(3)6-14(19)21-16(11)12/h6-7,9,18,20H,4-5,8H2,1-3H3. The van der Waals surface area contributed by atoms with Crippen LogP contribution < -0.4 is 16.0 Å². The molecular formula is C16H20ClNO3. The monoisotopic (exact) mass is 309 g/mol. The van der Waals surface area contributed by atoms with E-state index in [-0.39, 0.29) is 10.8 Å². The summed E-state index contributed by atoms with van der Waals surface area (Å²) in [6, 6.07) is 2.99. The maximum Gasteiger partial charge on any atom is 0.336 e. The van der Waals surface area contributed by atoms with Crippen molar-refractivity contribution in [1.29, 1.82) is 0 Å². The molecule has 0 fully saturated rings. The van der Waals surface area contributed by atoms with Crippen molar-refractivity contribution in [3.8, 4) is 5.75 Å². The second-order valence-corrected chi connectivity index (χ2v) is 6.16. The summed E-state index contributed by atoms with van der Waals surface area (Å²) < 4.78 is 5.25. The average Bonchev–Trinajstić information content (AvgIpc) is 2.39. The normalized spacial score (nSPS) is 11.5. The summed E-state index contributed by atoms with van der Waals surface area (Å²) in [6.07, 6.45) is 1.07. The zero-order chi connectivity index (χ0) is 15.6. The number of aryl methyl sites for hydroxylation is 1. The average molecular weight is 310 g/mol. The van der Waals surface area contributed by atoms with Crippen LogP contribution in [0.15, 0.2) is 21.3 Å². The van der Waals surface area contributed by atoms with Crippen molar-refractivity contribution in [3.63, 3.8) is 0 Å². The van der Waals surface area contributed by atoms with E-state index in [4.69, 9.17) is 16.0 Å². The molecule has 0 bridgehead atoms. The molecule has 21 heavy (non-hydrogen) atoms. The Labute approximate surface area is 128 Å². The molecule has 1 aromatic heterocycles. The van der Waals surface area contributed by atoms with E-state index in [9.17, 15) is 9.90 Å². The third-order valence-corrected chi connectivity index (χ3v) is 3.82. The van der Waals surface area contributed by atoms with Gasteiger partial charge in [-0.25, -0.2) is 4.79 Å². The number of nitrogens with two attached hydrogens (primary N) is 1. The quantitative estimate of drug-likeness (QED) is 0.678. The van der Waals surface area contributed by atoms with Crippen LogP contribution in [0.5, 0.6) is 5.75 Å². The van der Waals surface area contributed by atoms with Gasteiger partial charge in [-0.2, -0.15) is 0 Å². The largest absolute Gasteiger partial charge is 0.871 e. The maximum atomic E-state index is 12.2. The van der Waals surface area contributed by atoms with Gasteiger partial charge < -0.3 is 14.8 Å². The lowest BCUT2D eigenvalue weighted by atomic mass is 10.1. The van der Waals surface area contributed by atoms with Crippen molar-refractivity contribution in [3.05, 3.63) is 38.7 Å². The number of halogens is 1.